The van der Waals surface area contributed by atoms with Gasteiger partial charge in [-0.3, -0.25) is 9.59 Å². The van der Waals surface area contributed by atoms with Crippen LogP contribution >= 0.6 is 0 Å². The number of fused-ring (bicyclic) bond motifs is 4. The minimum Gasteiger partial charge on any atom is -0.444 e. The average Bonchev–Trinajstić information content (AvgIpc) is 2.53. The summed E-state index contributed by atoms with van der Waals surface area (Å²) in [5.41, 5.74) is 0.419. The first-order valence-corrected chi connectivity index (χ1v) is 9.12. The van der Waals surface area contributed by atoms with E-state index in [9.17, 15) is 14.4 Å². The van der Waals surface area contributed by atoms with Crippen LogP contribution in [0, 0.1) is 5.92 Å². The van der Waals surface area contributed by atoms with Crippen molar-refractivity contribution in [3.8, 4) is 0 Å². The Morgan fingerprint density at radius 1 is 1.23 bits per heavy atom. The molecule has 3 heterocycles. The molecule has 3 atom stereocenters. The third-order valence-electron chi connectivity index (χ3n) is 4.90. The number of nitrogens with one attached hydrogen (secondary N) is 1. The molecule has 0 radical (unpaired) electrons. The number of hydrogen-bond acceptors (Lipinski definition) is 4. The van der Waals surface area contributed by atoms with Gasteiger partial charge in [0.1, 0.15) is 11.6 Å². The molecule has 2 amide bonds. The number of carbonyl (C=O) groups is 2. The van der Waals surface area contributed by atoms with Gasteiger partial charge in [0.2, 0.25) is 5.91 Å². The predicted octanol–water partition coefficient (Wildman–Crippen LogP) is 1.71. The van der Waals surface area contributed by atoms with E-state index in [0.717, 1.165) is 12.1 Å². The minimum absolute atomic E-state index is 0.0249. The van der Waals surface area contributed by atoms with Crippen molar-refractivity contribution in [1.82, 2.24) is 14.8 Å². The SMILES string of the molecule is CC(NC(=O)OC(C)(C)C)C(=O)N1CC2CC(C1)c1cccc(=O)n1C2. The number of carbonyl (C=O) groups excluding carboxylic acids is 2. The first kappa shape index (κ1) is 18.5. The first-order chi connectivity index (χ1) is 12.1. The van der Waals surface area contributed by atoms with Gasteiger partial charge in [-0.1, -0.05) is 6.07 Å². The fourth-order valence-corrected chi connectivity index (χ4v) is 3.90. The van der Waals surface area contributed by atoms with E-state index in [0.29, 0.717) is 19.6 Å². The summed E-state index contributed by atoms with van der Waals surface area (Å²) in [5, 5.41) is 2.62. The molecule has 142 valence electrons. The number of piperidine rings is 1. The summed E-state index contributed by atoms with van der Waals surface area (Å²) in [6.45, 7) is 8.84. The van der Waals surface area contributed by atoms with Crippen molar-refractivity contribution in [2.75, 3.05) is 13.1 Å². The van der Waals surface area contributed by atoms with E-state index in [-0.39, 0.29) is 23.3 Å². The highest BCUT2D eigenvalue weighted by Crippen LogP contribution is 2.35. The van der Waals surface area contributed by atoms with E-state index in [4.69, 9.17) is 4.74 Å². The van der Waals surface area contributed by atoms with Gasteiger partial charge >= 0.3 is 6.09 Å². The van der Waals surface area contributed by atoms with Crippen LogP contribution in [0.5, 0.6) is 0 Å². The van der Waals surface area contributed by atoms with E-state index in [2.05, 4.69) is 5.32 Å². The van der Waals surface area contributed by atoms with Crippen LogP contribution in [0.1, 0.15) is 45.7 Å². The van der Waals surface area contributed by atoms with Crippen LogP contribution in [0.3, 0.4) is 0 Å². The third kappa shape index (κ3) is 3.92. The number of rotatable bonds is 2. The van der Waals surface area contributed by atoms with Gasteiger partial charge in [-0.2, -0.15) is 0 Å². The van der Waals surface area contributed by atoms with Crippen LogP contribution in [-0.2, 0) is 16.1 Å². The van der Waals surface area contributed by atoms with Crippen molar-refractivity contribution in [3.63, 3.8) is 0 Å². The molecular formula is C19H27N3O4. The molecule has 7 nitrogen and oxygen atoms in total. The number of alkyl carbamates (subject to hydrolysis) is 1. The van der Waals surface area contributed by atoms with Gasteiger partial charge in [0, 0.05) is 37.3 Å². The lowest BCUT2D eigenvalue weighted by atomic mass is 9.83. The molecule has 3 unspecified atom stereocenters. The summed E-state index contributed by atoms with van der Waals surface area (Å²) in [5.74, 6) is 0.311. The molecule has 1 N–H and O–H groups in total. The van der Waals surface area contributed by atoms with Crippen molar-refractivity contribution in [3.05, 3.63) is 34.2 Å². The van der Waals surface area contributed by atoms with Gasteiger partial charge in [-0.15, -0.1) is 0 Å². The summed E-state index contributed by atoms with van der Waals surface area (Å²) in [6, 6.07) is 4.68. The molecule has 2 aliphatic rings. The zero-order chi connectivity index (χ0) is 19.1. The number of nitrogens with zero attached hydrogens (tertiary/aromatic N) is 2. The lowest BCUT2D eigenvalue weighted by Gasteiger charge is -2.43. The van der Waals surface area contributed by atoms with Crippen molar-refractivity contribution < 1.29 is 14.3 Å². The molecule has 3 rings (SSSR count). The number of hydrogen-bond donors (Lipinski definition) is 1. The highest BCUT2D eigenvalue weighted by atomic mass is 16.6. The Kier molecular flexibility index (Phi) is 4.82. The second-order valence-electron chi connectivity index (χ2n) is 8.31. The Morgan fingerprint density at radius 3 is 2.65 bits per heavy atom. The van der Waals surface area contributed by atoms with Crippen LogP contribution < -0.4 is 10.9 Å². The maximum atomic E-state index is 12.8. The van der Waals surface area contributed by atoms with Gasteiger partial charge in [-0.05, 0) is 46.1 Å². The average molecular weight is 361 g/mol. The smallest absolute Gasteiger partial charge is 0.408 e. The molecule has 1 fully saturated rings. The standard InChI is InChI=1S/C19H27N3O4/c1-12(20-18(25)26-19(2,3)4)17(24)21-9-13-8-14(11-21)15-6-5-7-16(23)22(15)10-13/h5-7,12-14H,8-11H2,1-4H3,(H,20,25). The molecule has 2 aliphatic heterocycles. The third-order valence-corrected chi connectivity index (χ3v) is 4.90. The largest absolute Gasteiger partial charge is 0.444 e. The number of likely N-dealkylation sites (tertiary alicyclic amines) is 1. The molecule has 1 aromatic heterocycles. The number of pyridine rings is 1. The Morgan fingerprint density at radius 2 is 1.96 bits per heavy atom. The summed E-state index contributed by atoms with van der Waals surface area (Å²) in [4.78, 5) is 38.6. The van der Waals surface area contributed by atoms with E-state index < -0.39 is 17.7 Å². The number of amides is 2. The summed E-state index contributed by atoms with van der Waals surface area (Å²) < 4.78 is 7.06. The zero-order valence-electron chi connectivity index (χ0n) is 15.8. The minimum atomic E-state index is -0.651. The van der Waals surface area contributed by atoms with E-state index in [1.807, 2.05) is 15.5 Å². The molecule has 26 heavy (non-hydrogen) atoms. The molecule has 1 saturated heterocycles. The predicted molar refractivity (Wildman–Crippen MR) is 97.0 cm³/mol. The first-order valence-electron chi connectivity index (χ1n) is 9.12. The van der Waals surface area contributed by atoms with Crippen molar-refractivity contribution in [2.24, 2.45) is 5.92 Å². The van der Waals surface area contributed by atoms with Crippen LogP contribution in [-0.4, -0.2) is 46.2 Å². The maximum Gasteiger partial charge on any atom is 0.408 e. The van der Waals surface area contributed by atoms with Crippen molar-refractivity contribution in [2.45, 2.75) is 58.2 Å². The number of aromatic nitrogens is 1. The quantitative estimate of drug-likeness (QED) is 0.869. The van der Waals surface area contributed by atoms with Crippen LogP contribution in [0.15, 0.2) is 23.0 Å². The lowest BCUT2D eigenvalue weighted by molar-refractivity contribution is -0.135. The summed E-state index contributed by atoms with van der Waals surface area (Å²) >= 11 is 0. The second-order valence-corrected chi connectivity index (χ2v) is 8.31. The van der Waals surface area contributed by atoms with Crippen molar-refractivity contribution >= 4 is 12.0 Å². The molecule has 0 aliphatic carbocycles. The van der Waals surface area contributed by atoms with Crippen molar-refractivity contribution in [1.29, 1.82) is 0 Å². The lowest BCUT2D eigenvalue weighted by Crippen LogP contribution is -2.54. The van der Waals surface area contributed by atoms with Gasteiger partial charge in [0.05, 0.1) is 0 Å². The fourth-order valence-electron chi connectivity index (χ4n) is 3.90. The van der Waals surface area contributed by atoms with Crippen LogP contribution in [0.25, 0.3) is 0 Å². The molecule has 7 heteroatoms. The maximum absolute atomic E-state index is 12.8. The molecule has 1 aromatic rings. The van der Waals surface area contributed by atoms with Crippen LogP contribution in [0.4, 0.5) is 4.79 Å². The highest BCUT2D eigenvalue weighted by Gasteiger charge is 2.37. The van der Waals surface area contributed by atoms with E-state index >= 15 is 0 Å². The molecule has 2 bridgehead atoms. The zero-order valence-corrected chi connectivity index (χ0v) is 15.8. The number of ether oxygens (including phenoxy) is 1. The van der Waals surface area contributed by atoms with Gasteiger partial charge < -0.3 is 19.5 Å². The van der Waals surface area contributed by atoms with Gasteiger partial charge in [0.25, 0.3) is 5.56 Å². The highest BCUT2D eigenvalue weighted by molar-refractivity contribution is 5.85. The molecular weight excluding hydrogens is 334 g/mol. The van der Waals surface area contributed by atoms with Crippen LogP contribution in [0.2, 0.25) is 0 Å². The Labute approximate surface area is 153 Å². The molecule has 0 aromatic carbocycles. The summed E-state index contributed by atoms with van der Waals surface area (Å²) in [7, 11) is 0. The topological polar surface area (TPSA) is 80.6 Å². The monoisotopic (exact) mass is 361 g/mol. The van der Waals surface area contributed by atoms with E-state index in [1.165, 1.54) is 0 Å². The molecule has 0 spiro atoms. The Balaban J connectivity index is 1.67. The van der Waals surface area contributed by atoms with E-state index in [1.54, 1.807) is 39.8 Å². The second kappa shape index (κ2) is 6.78. The Hall–Kier alpha value is -2.31. The van der Waals surface area contributed by atoms with Gasteiger partial charge in [0.15, 0.2) is 0 Å². The Bertz CT molecular complexity index is 765. The summed E-state index contributed by atoms with van der Waals surface area (Å²) in [6.07, 6.45) is 0.397. The fraction of sp³-hybridized carbons (Fsp3) is 0.632. The van der Waals surface area contributed by atoms with Gasteiger partial charge in [-0.25, -0.2) is 4.79 Å². The normalized spacial score (nSPS) is 23.0. The molecule has 0 saturated carbocycles.